The predicted octanol–water partition coefficient (Wildman–Crippen LogP) is 3.87. The number of nitrogens with two attached hydrogens (primary N) is 1. The highest BCUT2D eigenvalue weighted by molar-refractivity contribution is 14.0. The zero-order valence-corrected chi connectivity index (χ0v) is 19.9. The smallest absolute Gasteiger partial charge is 0.409 e. The summed E-state index contributed by atoms with van der Waals surface area (Å²) >= 11 is 0. The number of benzene rings is 2. The summed E-state index contributed by atoms with van der Waals surface area (Å²) in [6.07, 6.45) is 1.36. The van der Waals surface area contributed by atoms with Crippen LogP contribution < -0.4 is 11.1 Å². The quantitative estimate of drug-likeness (QED) is 0.345. The predicted molar refractivity (Wildman–Crippen MR) is 132 cm³/mol. The fraction of sp³-hybridized carbons (Fsp3) is 0.348. The molecule has 3 N–H and O–H groups in total. The Morgan fingerprint density at radius 2 is 1.90 bits per heavy atom. The van der Waals surface area contributed by atoms with Gasteiger partial charge in [0.05, 0.1) is 24.8 Å². The van der Waals surface area contributed by atoms with Crippen molar-refractivity contribution in [2.75, 3.05) is 19.7 Å². The van der Waals surface area contributed by atoms with Crippen LogP contribution in [0.2, 0.25) is 0 Å². The summed E-state index contributed by atoms with van der Waals surface area (Å²) in [7, 11) is 0. The summed E-state index contributed by atoms with van der Waals surface area (Å²) in [5.41, 5.74) is 9.67. The zero-order valence-electron chi connectivity index (χ0n) is 17.6. The molecule has 0 saturated carbocycles. The van der Waals surface area contributed by atoms with Gasteiger partial charge in [-0.2, -0.15) is 5.26 Å². The summed E-state index contributed by atoms with van der Waals surface area (Å²) < 4.78 is 5.04. The van der Waals surface area contributed by atoms with Crippen LogP contribution >= 0.6 is 24.0 Å². The van der Waals surface area contributed by atoms with Gasteiger partial charge in [0, 0.05) is 19.1 Å². The topological polar surface area (TPSA) is 104 Å². The molecule has 1 fully saturated rings. The number of halogens is 1. The lowest BCUT2D eigenvalue weighted by atomic mass is 9.99. The lowest BCUT2D eigenvalue weighted by Gasteiger charge is -2.31. The van der Waals surface area contributed by atoms with Gasteiger partial charge in [0.1, 0.15) is 0 Å². The Labute approximate surface area is 200 Å². The molecular formula is C23H28IN5O2. The molecule has 0 unspecified atom stereocenters. The van der Waals surface area contributed by atoms with Gasteiger partial charge in [-0.3, -0.25) is 0 Å². The second-order valence-electron chi connectivity index (χ2n) is 7.16. The van der Waals surface area contributed by atoms with E-state index < -0.39 is 0 Å². The number of guanidine groups is 1. The molecule has 0 bridgehead atoms. The molecule has 0 radical (unpaired) electrons. The molecular weight excluding hydrogens is 505 g/mol. The molecule has 1 amide bonds. The number of likely N-dealkylation sites (tertiary alicyclic amines) is 1. The van der Waals surface area contributed by atoms with Crippen LogP contribution in [0.1, 0.15) is 30.9 Å². The summed E-state index contributed by atoms with van der Waals surface area (Å²) in [5, 5.41) is 12.5. The lowest BCUT2D eigenvalue weighted by Crippen LogP contribution is -2.48. The van der Waals surface area contributed by atoms with E-state index in [2.05, 4.69) is 16.4 Å². The van der Waals surface area contributed by atoms with E-state index in [0.29, 0.717) is 37.8 Å². The van der Waals surface area contributed by atoms with Gasteiger partial charge >= 0.3 is 6.09 Å². The number of amides is 1. The van der Waals surface area contributed by atoms with Crippen molar-refractivity contribution in [3.8, 4) is 17.2 Å². The van der Waals surface area contributed by atoms with Gasteiger partial charge in [-0.25, -0.2) is 9.79 Å². The third-order valence-corrected chi connectivity index (χ3v) is 5.12. The minimum Gasteiger partial charge on any atom is -0.450 e. The molecule has 0 aliphatic carbocycles. The fourth-order valence-electron chi connectivity index (χ4n) is 3.47. The highest BCUT2D eigenvalue weighted by atomic mass is 127. The second-order valence-corrected chi connectivity index (χ2v) is 7.16. The van der Waals surface area contributed by atoms with Gasteiger partial charge in [-0.15, -0.1) is 24.0 Å². The van der Waals surface area contributed by atoms with Crippen molar-refractivity contribution in [2.45, 2.75) is 32.4 Å². The van der Waals surface area contributed by atoms with E-state index in [1.54, 1.807) is 4.90 Å². The first-order chi connectivity index (χ1) is 14.6. The van der Waals surface area contributed by atoms with E-state index in [1.165, 1.54) is 0 Å². The molecule has 2 aromatic rings. The zero-order chi connectivity index (χ0) is 21.3. The van der Waals surface area contributed by atoms with E-state index in [4.69, 9.17) is 10.5 Å². The van der Waals surface area contributed by atoms with Crippen LogP contribution in [0.25, 0.3) is 11.1 Å². The van der Waals surface area contributed by atoms with Gasteiger partial charge in [0.15, 0.2) is 5.96 Å². The molecule has 164 valence electrons. The number of ether oxygens (including phenoxy) is 1. The molecule has 1 aliphatic rings. The van der Waals surface area contributed by atoms with Gasteiger partial charge in [-0.1, -0.05) is 42.5 Å². The average Bonchev–Trinajstić information content (AvgIpc) is 2.78. The fourth-order valence-corrected chi connectivity index (χ4v) is 3.47. The van der Waals surface area contributed by atoms with Crippen LogP contribution in [0.3, 0.4) is 0 Å². The van der Waals surface area contributed by atoms with Crippen molar-refractivity contribution in [1.82, 2.24) is 10.2 Å². The molecule has 3 rings (SSSR count). The SMILES string of the molecule is CCOC(=O)N1CCC(NC(N)=NCc2ccc(-c3ccccc3C#N)cc2)CC1.I. The van der Waals surface area contributed by atoms with Crippen LogP contribution in [0.5, 0.6) is 0 Å². The summed E-state index contributed by atoms with van der Waals surface area (Å²) in [5.74, 6) is 0.406. The Morgan fingerprint density at radius 1 is 1.23 bits per heavy atom. The Kier molecular flexibility index (Phi) is 9.59. The number of nitrogens with one attached hydrogen (secondary N) is 1. The number of aliphatic imine (C=N–C) groups is 1. The summed E-state index contributed by atoms with van der Waals surface area (Å²) in [6, 6.07) is 18.0. The maximum absolute atomic E-state index is 11.8. The lowest BCUT2D eigenvalue weighted by molar-refractivity contribution is 0.0963. The molecule has 31 heavy (non-hydrogen) atoms. The summed E-state index contributed by atoms with van der Waals surface area (Å²) in [4.78, 5) is 17.9. The van der Waals surface area contributed by atoms with Crippen LogP contribution in [0.4, 0.5) is 4.79 Å². The molecule has 0 atom stereocenters. The molecule has 1 saturated heterocycles. The third-order valence-electron chi connectivity index (χ3n) is 5.12. The van der Waals surface area contributed by atoms with Gasteiger partial charge in [0.25, 0.3) is 0 Å². The Hall–Kier alpha value is -2.80. The van der Waals surface area contributed by atoms with Crippen molar-refractivity contribution < 1.29 is 9.53 Å². The Balaban J connectivity index is 0.00000341. The van der Waals surface area contributed by atoms with Gasteiger partial charge in [0.2, 0.25) is 0 Å². The van der Waals surface area contributed by atoms with Crippen LogP contribution in [0, 0.1) is 11.3 Å². The maximum Gasteiger partial charge on any atom is 0.409 e. The van der Waals surface area contributed by atoms with E-state index in [0.717, 1.165) is 29.5 Å². The van der Waals surface area contributed by atoms with Crippen LogP contribution in [-0.2, 0) is 11.3 Å². The van der Waals surface area contributed by atoms with E-state index in [9.17, 15) is 10.1 Å². The Morgan fingerprint density at radius 3 is 2.55 bits per heavy atom. The van der Waals surface area contributed by atoms with E-state index in [1.807, 2.05) is 55.5 Å². The third kappa shape index (κ3) is 6.85. The normalized spacial score (nSPS) is 14.3. The first-order valence-corrected chi connectivity index (χ1v) is 10.2. The molecule has 0 spiro atoms. The van der Waals surface area contributed by atoms with Gasteiger partial charge in [-0.05, 0) is 42.5 Å². The number of rotatable bonds is 5. The summed E-state index contributed by atoms with van der Waals surface area (Å²) in [6.45, 7) is 3.97. The molecule has 8 heteroatoms. The second kappa shape index (κ2) is 12.2. The molecule has 0 aromatic heterocycles. The van der Waals surface area contributed by atoms with Crippen molar-refractivity contribution in [3.05, 3.63) is 59.7 Å². The number of nitrogens with zero attached hydrogens (tertiary/aromatic N) is 3. The number of hydrogen-bond acceptors (Lipinski definition) is 4. The first-order valence-electron chi connectivity index (χ1n) is 10.2. The standard InChI is InChI=1S/C23H27N5O2.HI/c1-2-30-23(29)28-13-11-20(12-14-28)27-22(25)26-16-17-7-9-18(10-8-17)21-6-4-3-5-19(21)15-24;/h3-10,20H,2,11-14,16H2,1H3,(H3,25,26,27);1H. The molecule has 1 aliphatic heterocycles. The highest BCUT2D eigenvalue weighted by Crippen LogP contribution is 2.23. The Bertz CT molecular complexity index is 932. The first kappa shape index (κ1) is 24.5. The molecule has 1 heterocycles. The number of carbonyl (C=O) groups excluding carboxylic acids is 1. The maximum atomic E-state index is 11.8. The molecule has 2 aromatic carbocycles. The number of nitriles is 1. The van der Waals surface area contributed by atoms with Gasteiger partial charge < -0.3 is 20.7 Å². The molecule has 7 nitrogen and oxygen atoms in total. The highest BCUT2D eigenvalue weighted by Gasteiger charge is 2.23. The van der Waals surface area contributed by atoms with Crippen LogP contribution in [0.15, 0.2) is 53.5 Å². The largest absolute Gasteiger partial charge is 0.450 e. The average molecular weight is 533 g/mol. The number of carbonyl (C=O) groups is 1. The monoisotopic (exact) mass is 533 g/mol. The van der Waals surface area contributed by atoms with Crippen molar-refractivity contribution in [1.29, 1.82) is 5.26 Å². The van der Waals surface area contributed by atoms with Crippen molar-refractivity contribution in [2.24, 2.45) is 10.7 Å². The van der Waals surface area contributed by atoms with E-state index >= 15 is 0 Å². The minimum absolute atomic E-state index is 0. The minimum atomic E-state index is -0.251. The van der Waals surface area contributed by atoms with Crippen molar-refractivity contribution in [3.63, 3.8) is 0 Å². The van der Waals surface area contributed by atoms with E-state index in [-0.39, 0.29) is 36.1 Å². The van der Waals surface area contributed by atoms with Crippen LogP contribution in [-0.4, -0.2) is 42.7 Å². The number of hydrogen-bond donors (Lipinski definition) is 2. The van der Waals surface area contributed by atoms with Crippen molar-refractivity contribution >= 4 is 36.0 Å². The number of piperidine rings is 1.